The zero-order valence-corrected chi connectivity index (χ0v) is 23.8. The molecule has 0 fully saturated rings. The van der Waals surface area contributed by atoms with Gasteiger partial charge < -0.3 is 31.1 Å². The normalized spacial score (nSPS) is 11.3. The van der Waals surface area contributed by atoms with Gasteiger partial charge in [0, 0.05) is 41.0 Å². The number of halogens is 3. The van der Waals surface area contributed by atoms with Crippen LogP contribution in [-0.2, 0) is 0 Å². The first-order chi connectivity index (χ1) is 19.7. The Morgan fingerprint density at radius 2 is 1.85 bits per heavy atom. The lowest BCUT2D eigenvalue weighted by Gasteiger charge is -2.20. The van der Waals surface area contributed by atoms with E-state index in [1.807, 2.05) is 0 Å². The van der Waals surface area contributed by atoms with Gasteiger partial charge in [0.2, 0.25) is 0 Å². The Balaban J connectivity index is 1.72. The van der Waals surface area contributed by atoms with E-state index in [0.29, 0.717) is 17.8 Å². The number of likely N-dealkylation sites (N-methyl/N-ethyl adjacent to an activating group) is 1. The second-order valence-electron chi connectivity index (χ2n) is 8.51. The van der Waals surface area contributed by atoms with Crippen molar-refractivity contribution in [3.05, 3.63) is 75.1 Å². The summed E-state index contributed by atoms with van der Waals surface area (Å²) in [4.78, 5) is 27.5. The summed E-state index contributed by atoms with van der Waals surface area (Å²) in [5.41, 5.74) is 6.61. The largest absolute Gasteiger partial charge is 0.490 e. The van der Waals surface area contributed by atoms with Crippen molar-refractivity contribution < 1.29 is 23.8 Å². The van der Waals surface area contributed by atoms with Crippen molar-refractivity contribution in [1.82, 2.24) is 20.4 Å². The second-order valence-corrected chi connectivity index (χ2v) is 9.30. The molecule has 1 aromatic heterocycles. The first kappa shape index (κ1) is 31.5. The van der Waals surface area contributed by atoms with Crippen LogP contribution in [0, 0.1) is 17.7 Å². The Labute approximate surface area is 247 Å². The van der Waals surface area contributed by atoms with Gasteiger partial charge >= 0.3 is 0 Å². The van der Waals surface area contributed by atoms with Crippen LogP contribution in [-0.4, -0.2) is 65.5 Å². The summed E-state index contributed by atoms with van der Waals surface area (Å²) >= 11 is 12.3. The van der Waals surface area contributed by atoms with Crippen LogP contribution >= 0.6 is 23.2 Å². The van der Waals surface area contributed by atoms with Gasteiger partial charge in [-0.1, -0.05) is 37.0 Å². The molecule has 0 unspecified atom stereocenters. The first-order valence-electron chi connectivity index (χ1n) is 12.5. The molecule has 3 aromatic rings. The molecule has 3 rings (SSSR count). The predicted octanol–water partition coefficient (Wildman–Crippen LogP) is 3.90. The third-order valence-electron chi connectivity index (χ3n) is 5.95. The van der Waals surface area contributed by atoms with Gasteiger partial charge in [0.05, 0.1) is 11.1 Å². The highest BCUT2D eigenvalue weighted by Gasteiger charge is 2.25. The average Bonchev–Trinajstić information content (AvgIpc) is 2.97. The molecular formula is C27H27BCl2FN6O4. The number of nitrogens with one attached hydrogen (secondary N) is 2. The van der Waals surface area contributed by atoms with E-state index in [9.17, 15) is 14.0 Å². The molecule has 0 saturated carbocycles. The maximum absolute atomic E-state index is 14.1. The number of aliphatic hydroxyl groups is 1. The van der Waals surface area contributed by atoms with Crippen LogP contribution in [0.3, 0.4) is 0 Å². The van der Waals surface area contributed by atoms with Crippen molar-refractivity contribution in [1.29, 1.82) is 0 Å². The van der Waals surface area contributed by atoms with Crippen LogP contribution in [0.2, 0.25) is 10.0 Å². The molecule has 213 valence electrons. The lowest BCUT2D eigenvalue weighted by Crippen LogP contribution is -2.34. The van der Waals surface area contributed by atoms with Crippen LogP contribution in [0.4, 0.5) is 15.9 Å². The van der Waals surface area contributed by atoms with Crippen LogP contribution in [0.5, 0.6) is 5.75 Å². The molecule has 41 heavy (non-hydrogen) atoms. The van der Waals surface area contributed by atoms with E-state index >= 15 is 0 Å². The number of rotatable bonds is 12. The van der Waals surface area contributed by atoms with Gasteiger partial charge in [-0.15, -0.1) is 16.0 Å². The molecule has 0 bridgehead atoms. The summed E-state index contributed by atoms with van der Waals surface area (Å²) in [6.45, 7) is 7.19. The molecule has 10 nitrogen and oxygen atoms in total. The van der Waals surface area contributed by atoms with E-state index in [4.69, 9.17) is 38.8 Å². The van der Waals surface area contributed by atoms with Crippen molar-refractivity contribution in [3.8, 4) is 17.7 Å². The maximum Gasteiger partial charge on any atom is 0.278 e. The van der Waals surface area contributed by atoms with Crippen molar-refractivity contribution in [2.45, 2.75) is 19.9 Å². The van der Waals surface area contributed by atoms with Crippen LogP contribution in [0.1, 0.15) is 46.3 Å². The Morgan fingerprint density at radius 1 is 1.15 bits per heavy atom. The molecule has 1 atom stereocenters. The fourth-order valence-electron chi connectivity index (χ4n) is 3.69. The molecule has 0 aliphatic rings. The number of nitrogens with two attached hydrogens (primary N) is 1. The molecular weight excluding hydrogens is 573 g/mol. The number of benzene rings is 2. The van der Waals surface area contributed by atoms with Gasteiger partial charge in [0.25, 0.3) is 19.1 Å². The van der Waals surface area contributed by atoms with Crippen molar-refractivity contribution in [3.63, 3.8) is 0 Å². The standard InChI is InChI=1S/C27H27BCl2FN6O4/c1-3-37(4-2)13-12-33-26(39)16-5-7-17(8-6-16)34-27(40)20-15-21(25(32)36-35-20)41-24(28-11-14-38)22-18(29)9-10-19(31)23(22)30/h5-10,15,24,38H,3-4,12-13H2,1-2H3,(H2,32,36)(H,33,39)(H,34,40)/t24-/m0/s1. The summed E-state index contributed by atoms with van der Waals surface area (Å²) in [6, 6.07) is 8.71. The number of hydrogen-bond donors (Lipinski definition) is 4. The Morgan fingerprint density at radius 3 is 2.51 bits per heavy atom. The van der Waals surface area contributed by atoms with Gasteiger partial charge in [0.1, 0.15) is 11.8 Å². The zero-order valence-electron chi connectivity index (χ0n) is 22.2. The molecule has 2 amide bonds. The predicted molar refractivity (Wildman–Crippen MR) is 156 cm³/mol. The number of carbonyl (C=O) groups is 2. The number of amides is 2. The summed E-state index contributed by atoms with van der Waals surface area (Å²) in [5.74, 6) is 0.389. The van der Waals surface area contributed by atoms with E-state index in [1.54, 1.807) is 30.4 Å². The van der Waals surface area contributed by atoms with E-state index in [2.05, 4.69) is 45.4 Å². The van der Waals surface area contributed by atoms with Gasteiger partial charge in [-0.3, -0.25) is 9.59 Å². The number of nitrogen functional groups attached to an aromatic ring is 1. The molecule has 0 saturated heterocycles. The Kier molecular flexibility index (Phi) is 11.6. The van der Waals surface area contributed by atoms with E-state index in [-0.39, 0.29) is 38.8 Å². The lowest BCUT2D eigenvalue weighted by molar-refractivity contribution is 0.0948. The number of ether oxygens (including phenoxy) is 1. The quantitative estimate of drug-likeness (QED) is 0.139. The molecule has 1 radical (unpaired) electrons. The summed E-state index contributed by atoms with van der Waals surface area (Å²) in [6.07, 6.45) is 1.69. The summed E-state index contributed by atoms with van der Waals surface area (Å²) in [5, 5.41) is 21.8. The fourth-order valence-corrected chi connectivity index (χ4v) is 4.27. The Bertz CT molecular complexity index is 1450. The number of aliphatic hydroxyl groups excluding tert-OH is 1. The minimum absolute atomic E-state index is 0.0236. The number of nitrogens with zero attached hydrogens (tertiary/aromatic N) is 3. The monoisotopic (exact) mass is 599 g/mol. The highest BCUT2D eigenvalue weighted by atomic mass is 35.5. The van der Waals surface area contributed by atoms with E-state index in [1.165, 1.54) is 19.4 Å². The molecule has 0 aliphatic heterocycles. The van der Waals surface area contributed by atoms with Gasteiger partial charge in [-0.25, -0.2) is 4.39 Å². The molecule has 14 heteroatoms. The topological polar surface area (TPSA) is 143 Å². The minimum Gasteiger partial charge on any atom is -0.490 e. The zero-order chi connectivity index (χ0) is 29.9. The highest BCUT2D eigenvalue weighted by Crippen LogP contribution is 2.35. The van der Waals surface area contributed by atoms with Crippen molar-refractivity contribution in [2.75, 3.05) is 37.2 Å². The Hall–Kier alpha value is -4.05. The molecule has 2 aromatic carbocycles. The summed E-state index contributed by atoms with van der Waals surface area (Å²) < 4.78 is 20.0. The second kappa shape index (κ2) is 15.1. The maximum atomic E-state index is 14.1. The van der Waals surface area contributed by atoms with Gasteiger partial charge in [-0.2, -0.15) is 0 Å². The average molecular weight is 600 g/mol. The van der Waals surface area contributed by atoms with Crippen LogP contribution < -0.4 is 21.1 Å². The third-order valence-corrected chi connectivity index (χ3v) is 6.66. The van der Waals surface area contributed by atoms with Gasteiger partial charge in [-0.05, 0) is 49.5 Å². The summed E-state index contributed by atoms with van der Waals surface area (Å²) in [7, 11) is 1.17. The third kappa shape index (κ3) is 8.47. The minimum atomic E-state index is -1.20. The van der Waals surface area contributed by atoms with Crippen molar-refractivity contribution in [2.24, 2.45) is 0 Å². The number of carbonyl (C=O) groups excluding carboxylic acids is 2. The van der Waals surface area contributed by atoms with Crippen molar-refractivity contribution >= 4 is 53.8 Å². The molecule has 1 heterocycles. The SMILES string of the molecule is CCN(CC)CCNC(=O)c1ccc(NC(=O)c2cc(O[C@H]([B]C#CO)c3c(Cl)ccc(F)c3Cl)c(N)nn2)cc1. The number of anilines is 2. The molecule has 5 N–H and O–H groups in total. The van der Waals surface area contributed by atoms with E-state index in [0.717, 1.165) is 25.7 Å². The lowest BCUT2D eigenvalue weighted by atomic mass is 9.69. The van der Waals surface area contributed by atoms with Gasteiger partial charge in [0.15, 0.2) is 17.3 Å². The number of hydrogen-bond acceptors (Lipinski definition) is 8. The number of aromatic nitrogens is 2. The molecule has 0 aliphatic carbocycles. The van der Waals surface area contributed by atoms with E-state index < -0.39 is 17.7 Å². The highest BCUT2D eigenvalue weighted by molar-refractivity contribution is 6.49. The fraction of sp³-hybridized carbons (Fsp3) is 0.259. The smallest absolute Gasteiger partial charge is 0.278 e. The molecule has 0 spiro atoms. The van der Waals surface area contributed by atoms with Crippen LogP contribution in [0.15, 0.2) is 42.5 Å². The van der Waals surface area contributed by atoms with Crippen LogP contribution in [0.25, 0.3) is 0 Å². The first-order valence-corrected chi connectivity index (χ1v) is 13.3.